The summed E-state index contributed by atoms with van der Waals surface area (Å²) in [6.07, 6.45) is 0. The van der Waals surface area contributed by atoms with Gasteiger partial charge in [-0.25, -0.2) is 17.1 Å². The van der Waals surface area contributed by atoms with Gasteiger partial charge in [-0.05, 0) is 48.5 Å². The van der Waals surface area contributed by atoms with Crippen LogP contribution in [0.15, 0.2) is 71.6 Å². The number of hydrogen-bond acceptors (Lipinski definition) is 5. The predicted octanol–water partition coefficient (Wildman–Crippen LogP) is 3.25. The maximum atomic E-state index is 14.2. The molecule has 0 spiro atoms. The number of ether oxygens (including phenoxy) is 1. The molecule has 8 nitrogen and oxygen atoms in total. The Labute approximate surface area is 196 Å². The quantitative estimate of drug-likeness (QED) is 0.581. The molecule has 3 aromatic carbocycles. The molecular formula is C24H22FN3O5S. The fourth-order valence-corrected chi connectivity index (χ4v) is 4.34. The summed E-state index contributed by atoms with van der Waals surface area (Å²) in [6.45, 7) is -0.156. The Morgan fingerprint density at radius 3 is 2.47 bits per heavy atom. The SMILES string of the molecule is CN(C)S(=O)(=O)c1ccc(C(=O)Nc2ccc3c(c2)N(Cc2ccccc2F)C(=O)CO3)cc1. The molecule has 0 radical (unpaired) electrons. The van der Waals surface area contributed by atoms with Gasteiger partial charge in [0.05, 0.1) is 17.1 Å². The summed E-state index contributed by atoms with van der Waals surface area (Å²) in [4.78, 5) is 26.7. The zero-order valence-corrected chi connectivity index (χ0v) is 19.3. The van der Waals surface area contributed by atoms with Crippen molar-refractivity contribution in [1.82, 2.24) is 4.31 Å². The van der Waals surface area contributed by atoms with E-state index in [1.807, 2.05) is 0 Å². The number of nitrogens with zero attached hydrogens (tertiary/aromatic N) is 2. The van der Waals surface area contributed by atoms with Crippen LogP contribution < -0.4 is 15.0 Å². The Kier molecular flexibility index (Phi) is 6.36. The molecular weight excluding hydrogens is 461 g/mol. The van der Waals surface area contributed by atoms with Crippen LogP contribution in [0, 0.1) is 5.82 Å². The number of amides is 2. The monoisotopic (exact) mass is 483 g/mol. The summed E-state index contributed by atoms with van der Waals surface area (Å²) in [5, 5.41) is 2.73. The van der Waals surface area contributed by atoms with Crippen molar-refractivity contribution in [3.63, 3.8) is 0 Å². The van der Waals surface area contributed by atoms with Crippen molar-refractivity contribution in [2.24, 2.45) is 0 Å². The van der Waals surface area contributed by atoms with Crippen molar-refractivity contribution in [2.75, 3.05) is 30.9 Å². The summed E-state index contributed by atoms with van der Waals surface area (Å²) < 4.78 is 45.2. The smallest absolute Gasteiger partial charge is 0.265 e. The number of carbonyl (C=O) groups is 2. The Bertz CT molecular complexity index is 1360. The molecule has 1 N–H and O–H groups in total. The van der Waals surface area contributed by atoms with Crippen LogP contribution in [0.25, 0.3) is 0 Å². The van der Waals surface area contributed by atoms with Gasteiger partial charge in [-0.2, -0.15) is 0 Å². The number of halogens is 1. The summed E-state index contributed by atoms with van der Waals surface area (Å²) in [5.74, 6) is -0.783. The van der Waals surface area contributed by atoms with Crippen LogP contribution in [0.2, 0.25) is 0 Å². The number of carbonyl (C=O) groups excluding carboxylic acids is 2. The minimum Gasteiger partial charge on any atom is -0.482 e. The van der Waals surface area contributed by atoms with Gasteiger partial charge in [0.25, 0.3) is 11.8 Å². The van der Waals surface area contributed by atoms with E-state index in [0.717, 1.165) is 4.31 Å². The van der Waals surface area contributed by atoms with Gasteiger partial charge in [0.2, 0.25) is 10.0 Å². The predicted molar refractivity (Wildman–Crippen MR) is 125 cm³/mol. The average molecular weight is 484 g/mol. The van der Waals surface area contributed by atoms with E-state index < -0.39 is 21.7 Å². The second-order valence-electron chi connectivity index (χ2n) is 7.81. The fourth-order valence-electron chi connectivity index (χ4n) is 3.44. The molecule has 1 aliphatic heterocycles. The van der Waals surface area contributed by atoms with Crippen LogP contribution in [0.4, 0.5) is 15.8 Å². The van der Waals surface area contributed by atoms with E-state index in [-0.39, 0.29) is 29.5 Å². The van der Waals surface area contributed by atoms with Crippen LogP contribution in [0.5, 0.6) is 5.75 Å². The van der Waals surface area contributed by atoms with Gasteiger partial charge in [-0.3, -0.25) is 9.59 Å². The number of rotatable bonds is 6. The van der Waals surface area contributed by atoms with E-state index >= 15 is 0 Å². The Balaban J connectivity index is 1.56. The van der Waals surface area contributed by atoms with Crippen LogP contribution in [-0.2, 0) is 21.4 Å². The van der Waals surface area contributed by atoms with Crippen LogP contribution in [0.1, 0.15) is 15.9 Å². The molecule has 0 atom stereocenters. The van der Waals surface area contributed by atoms with Gasteiger partial charge in [-0.15, -0.1) is 0 Å². The van der Waals surface area contributed by atoms with E-state index in [9.17, 15) is 22.4 Å². The highest BCUT2D eigenvalue weighted by molar-refractivity contribution is 7.89. The van der Waals surface area contributed by atoms with Crippen LogP contribution >= 0.6 is 0 Å². The first-order chi connectivity index (χ1) is 16.2. The molecule has 34 heavy (non-hydrogen) atoms. The molecule has 0 saturated heterocycles. The molecule has 0 aromatic heterocycles. The van der Waals surface area contributed by atoms with Crippen molar-refractivity contribution in [1.29, 1.82) is 0 Å². The van der Waals surface area contributed by atoms with Crippen molar-refractivity contribution < 1.29 is 27.1 Å². The highest BCUT2D eigenvalue weighted by atomic mass is 32.2. The lowest BCUT2D eigenvalue weighted by atomic mass is 10.1. The minimum atomic E-state index is -3.61. The van der Waals surface area contributed by atoms with Crippen LogP contribution in [0.3, 0.4) is 0 Å². The number of anilines is 2. The molecule has 2 amide bonds. The standard InChI is InChI=1S/C24H22FN3O5S/c1-27(2)34(31,32)19-10-7-16(8-11-19)24(30)26-18-9-12-22-21(13-18)28(23(29)15-33-22)14-17-5-3-4-6-20(17)25/h3-13H,14-15H2,1-2H3,(H,26,30). The molecule has 0 saturated carbocycles. The third-order valence-electron chi connectivity index (χ3n) is 5.34. The van der Waals surface area contributed by atoms with Gasteiger partial charge in [0, 0.05) is 30.9 Å². The van der Waals surface area contributed by atoms with E-state index in [1.165, 1.54) is 49.3 Å². The highest BCUT2D eigenvalue weighted by Crippen LogP contribution is 2.36. The maximum Gasteiger partial charge on any atom is 0.265 e. The normalized spacial score (nSPS) is 13.4. The van der Waals surface area contributed by atoms with E-state index in [1.54, 1.807) is 36.4 Å². The summed E-state index contributed by atoms with van der Waals surface area (Å²) in [5.41, 5.74) is 1.41. The molecule has 1 aliphatic rings. The molecule has 0 unspecified atom stereocenters. The fraction of sp³-hybridized carbons (Fsp3) is 0.167. The Morgan fingerprint density at radius 1 is 1.09 bits per heavy atom. The van der Waals surface area contributed by atoms with Gasteiger partial charge in [0.1, 0.15) is 11.6 Å². The molecule has 0 bridgehead atoms. The largest absolute Gasteiger partial charge is 0.482 e. The number of fused-ring (bicyclic) bond motifs is 1. The second-order valence-corrected chi connectivity index (χ2v) is 9.96. The zero-order chi connectivity index (χ0) is 24.5. The van der Waals surface area contributed by atoms with Crippen molar-refractivity contribution in [3.8, 4) is 5.75 Å². The van der Waals surface area contributed by atoms with E-state index in [0.29, 0.717) is 22.7 Å². The third-order valence-corrected chi connectivity index (χ3v) is 7.17. The van der Waals surface area contributed by atoms with Crippen LogP contribution in [-0.4, -0.2) is 45.2 Å². The van der Waals surface area contributed by atoms with Crippen molar-refractivity contribution in [3.05, 3.63) is 83.7 Å². The molecule has 10 heteroatoms. The third kappa shape index (κ3) is 4.63. The number of nitrogens with one attached hydrogen (secondary N) is 1. The lowest BCUT2D eigenvalue weighted by molar-refractivity contribution is -0.121. The lowest BCUT2D eigenvalue weighted by Crippen LogP contribution is -2.38. The molecule has 3 aromatic rings. The topological polar surface area (TPSA) is 96.0 Å². The first-order valence-electron chi connectivity index (χ1n) is 10.3. The molecule has 1 heterocycles. The average Bonchev–Trinajstić information content (AvgIpc) is 2.82. The Morgan fingerprint density at radius 2 is 1.79 bits per heavy atom. The Hall–Kier alpha value is -3.76. The van der Waals surface area contributed by atoms with E-state index in [2.05, 4.69) is 5.32 Å². The second kappa shape index (κ2) is 9.24. The van der Waals surface area contributed by atoms with Gasteiger partial charge >= 0.3 is 0 Å². The number of sulfonamides is 1. The van der Waals surface area contributed by atoms with Crippen molar-refractivity contribution in [2.45, 2.75) is 11.4 Å². The summed E-state index contributed by atoms with van der Waals surface area (Å²) in [6, 6.07) is 16.6. The molecule has 4 rings (SSSR count). The summed E-state index contributed by atoms with van der Waals surface area (Å²) in [7, 11) is -0.752. The highest BCUT2D eigenvalue weighted by Gasteiger charge is 2.27. The maximum absolute atomic E-state index is 14.2. The first-order valence-corrected chi connectivity index (χ1v) is 11.8. The molecule has 176 valence electrons. The molecule has 0 fully saturated rings. The zero-order valence-electron chi connectivity index (χ0n) is 18.5. The van der Waals surface area contributed by atoms with Gasteiger partial charge in [-0.1, -0.05) is 18.2 Å². The number of hydrogen-bond donors (Lipinski definition) is 1. The minimum absolute atomic E-state index is 0.0150. The van der Waals surface area contributed by atoms with Crippen molar-refractivity contribution >= 4 is 33.2 Å². The van der Waals surface area contributed by atoms with Gasteiger partial charge < -0.3 is 15.0 Å². The van der Waals surface area contributed by atoms with E-state index in [4.69, 9.17) is 4.74 Å². The number of benzene rings is 3. The summed E-state index contributed by atoms with van der Waals surface area (Å²) >= 11 is 0. The lowest BCUT2D eigenvalue weighted by Gasteiger charge is -2.30. The first kappa shape index (κ1) is 23.4. The molecule has 0 aliphatic carbocycles. The van der Waals surface area contributed by atoms with Gasteiger partial charge in [0.15, 0.2) is 6.61 Å².